The van der Waals surface area contributed by atoms with Gasteiger partial charge in [0.25, 0.3) is 5.91 Å². The van der Waals surface area contributed by atoms with Crippen LogP contribution in [0.4, 0.5) is 5.95 Å². The summed E-state index contributed by atoms with van der Waals surface area (Å²) < 4.78 is 1.74. The molecule has 2 aromatic heterocycles. The van der Waals surface area contributed by atoms with Gasteiger partial charge in [0.1, 0.15) is 4.88 Å². The third-order valence-corrected chi connectivity index (χ3v) is 6.68. The summed E-state index contributed by atoms with van der Waals surface area (Å²) in [6.07, 6.45) is 0.746. The van der Waals surface area contributed by atoms with Crippen LogP contribution in [-0.4, -0.2) is 62.2 Å². The van der Waals surface area contributed by atoms with E-state index in [0.29, 0.717) is 32.1 Å². The number of aryl methyl sites for hydroxylation is 1. The number of carbonyl (C=O) groups excluding carboxylic acids is 1. The average Bonchev–Trinajstić information content (AvgIpc) is 3.47. The summed E-state index contributed by atoms with van der Waals surface area (Å²) in [6, 6.07) is 20.0. The zero-order valence-electron chi connectivity index (χ0n) is 17.8. The summed E-state index contributed by atoms with van der Waals surface area (Å²) in [5, 5.41) is 13.2. The van der Waals surface area contributed by atoms with E-state index in [9.17, 15) is 4.79 Å². The standard InChI is InChI=1S/C23H23N7OS/c1-17-21(32-20(24-17)16-18-8-4-2-5-9-18)22(31)28-12-14-29(15-13-28)23-25-26-27-30(23)19-10-6-3-7-11-19/h2-11H,12-16H2,1H3. The quantitative estimate of drug-likeness (QED) is 0.470. The first-order chi connectivity index (χ1) is 15.7. The number of rotatable bonds is 5. The van der Waals surface area contributed by atoms with Crippen LogP contribution in [0.3, 0.4) is 0 Å². The number of para-hydroxylation sites is 1. The topological polar surface area (TPSA) is 80.0 Å². The predicted molar refractivity (Wildman–Crippen MR) is 123 cm³/mol. The molecule has 1 aliphatic heterocycles. The van der Waals surface area contributed by atoms with Gasteiger partial charge in [-0.25, -0.2) is 4.98 Å². The molecule has 4 aromatic rings. The van der Waals surface area contributed by atoms with E-state index >= 15 is 0 Å². The van der Waals surface area contributed by atoms with Crippen molar-refractivity contribution in [1.29, 1.82) is 0 Å². The Morgan fingerprint density at radius 1 is 0.969 bits per heavy atom. The number of hydrogen-bond donors (Lipinski definition) is 0. The molecule has 9 heteroatoms. The van der Waals surface area contributed by atoms with E-state index in [1.54, 1.807) is 4.68 Å². The van der Waals surface area contributed by atoms with Crippen LogP contribution in [0.15, 0.2) is 60.7 Å². The Labute approximate surface area is 190 Å². The number of anilines is 1. The number of hydrogen-bond acceptors (Lipinski definition) is 7. The minimum absolute atomic E-state index is 0.0570. The number of carbonyl (C=O) groups is 1. The van der Waals surface area contributed by atoms with E-state index in [-0.39, 0.29) is 5.91 Å². The molecule has 5 rings (SSSR count). The van der Waals surface area contributed by atoms with Gasteiger partial charge in [0.05, 0.1) is 16.4 Å². The number of benzene rings is 2. The normalized spacial score (nSPS) is 14.0. The van der Waals surface area contributed by atoms with Crippen molar-refractivity contribution in [2.75, 3.05) is 31.1 Å². The van der Waals surface area contributed by atoms with E-state index < -0.39 is 0 Å². The molecule has 0 atom stereocenters. The van der Waals surface area contributed by atoms with Gasteiger partial charge in [0.2, 0.25) is 5.95 Å². The Morgan fingerprint density at radius 2 is 1.66 bits per heavy atom. The molecule has 0 bridgehead atoms. The second-order valence-electron chi connectivity index (χ2n) is 7.69. The number of amides is 1. The van der Waals surface area contributed by atoms with Gasteiger partial charge < -0.3 is 9.80 Å². The van der Waals surface area contributed by atoms with Crippen molar-refractivity contribution in [2.45, 2.75) is 13.3 Å². The Kier molecular flexibility index (Phi) is 5.64. The summed E-state index contributed by atoms with van der Waals surface area (Å²) in [5.41, 5.74) is 2.92. The van der Waals surface area contributed by atoms with Crippen molar-refractivity contribution < 1.29 is 4.79 Å². The molecular formula is C23H23N7OS. The lowest BCUT2D eigenvalue weighted by molar-refractivity contribution is 0.0750. The third-order valence-electron chi connectivity index (χ3n) is 5.54. The summed E-state index contributed by atoms with van der Waals surface area (Å²) >= 11 is 1.50. The lowest BCUT2D eigenvalue weighted by Gasteiger charge is -2.34. The van der Waals surface area contributed by atoms with E-state index in [1.165, 1.54) is 16.9 Å². The van der Waals surface area contributed by atoms with Crippen LogP contribution in [0, 0.1) is 6.92 Å². The molecule has 162 valence electrons. The number of thiazole rings is 1. The average molecular weight is 446 g/mol. The maximum Gasteiger partial charge on any atom is 0.265 e. The maximum absolute atomic E-state index is 13.2. The largest absolute Gasteiger partial charge is 0.336 e. The van der Waals surface area contributed by atoms with Gasteiger partial charge in [0, 0.05) is 32.6 Å². The first kappa shape index (κ1) is 20.3. The molecule has 3 heterocycles. The van der Waals surface area contributed by atoms with Gasteiger partial charge in [0.15, 0.2) is 0 Å². The van der Waals surface area contributed by atoms with Gasteiger partial charge in [-0.05, 0) is 35.0 Å². The zero-order chi connectivity index (χ0) is 21.9. The molecule has 0 radical (unpaired) electrons. The van der Waals surface area contributed by atoms with E-state index in [1.807, 2.05) is 60.4 Å². The summed E-state index contributed by atoms with van der Waals surface area (Å²) in [6.45, 7) is 4.50. The molecule has 0 saturated carbocycles. The molecule has 0 unspecified atom stereocenters. The van der Waals surface area contributed by atoms with E-state index in [2.05, 4.69) is 37.5 Å². The maximum atomic E-state index is 13.2. The Hall–Kier alpha value is -3.59. The molecule has 1 aliphatic rings. The molecule has 1 amide bonds. The van der Waals surface area contributed by atoms with Gasteiger partial charge in [-0.15, -0.1) is 11.3 Å². The highest BCUT2D eigenvalue weighted by atomic mass is 32.1. The molecule has 0 N–H and O–H groups in total. The highest BCUT2D eigenvalue weighted by Gasteiger charge is 2.27. The van der Waals surface area contributed by atoms with Gasteiger partial charge in [-0.1, -0.05) is 53.6 Å². The van der Waals surface area contributed by atoms with Crippen LogP contribution in [0.5, 0.6) is 0 Å². The second kappa shape index (κ2) is 8.88. The smallest absolute Gasteiger partial charge is 0.265 e. The van der Waals surface area contributed by atoms with Crippen LogP contribution in [0.25, 0.3) is 5.69 Å². The predicted octanol–water partition coefficient (Wildman–Crippen LogP) is 2.98. The lowest BCUT2D eigenvalue weighted by atomic mass is 10.2. The van der Waals surface area contributed by atoms with Gasteiger partial charge in [-0.2, -0.15) is 4.68 Å². The fraction of sp³-hybridized carbons (Fsp3) is 0.261. The number of tetrazole rings is 1. The van der Waals surface area contributed by atoms with Crippen LogP contribution in [0.1, 0.15) is 25.9 Å². The Bertz CT molecular complexity index is 1200. The highest BCUT2D eigenvalue weighted by Crippen LogP contribution is 2.24. The molecule has 32 heavy (non-hydrogen) atoms. The van der Waals surface area contributed by atoms with Crippen LogP contribution < -0.4 is 4.90 Å². The minimum Gasteiger partial charge on any atom is -0.336 e. The number of piperazine rings is 1. The van der Waals surface area contributed by atoms with Crippen LogP contribution in [-0.2, 0) is 6.42 Å². The SMILES string of the molecule is Cc1nc(Cc2ccccc2)sc1C(=O)N1CCN(c2nnnn2-c2ccccc2)CC1. The highest BCUT2D eigenvalue weighted by molar-refractivity contribution is 7.13. The van der Waals surface area contributed by atoms with Crippen molar-refractivity contribution in [3.05, 3.63) is 81.8 Å². The Balaban J connectivity index is 1.26. The molecule has 1 saturated heterocycles. The van der Waals surface area contributed by atoms with Crippen molar-refractivity contribution in [3.63, 3.8) is 0 Å². The summed E-state index contributed by atoms with van der Waals surface area (Å²) in [5.74, 6) is 0.754. The van der Waals surface area contributed by atoms with Gasteiger partial charge in [-0.3, -0.25) is 4.79 Å². The third kappa shape index (κ3) is 4.11. The minimum atomic E-state index is 0.0570. The van der Waals surface area contributed by atoms with Crippen molar-refractivity contribution in [3.8, 4) is 5.69 Å². The van der Waals surface area contributed by atoms with Crippen LogP contribution >= 0.6 is 11.3 Å². The zero-order valence-corrected chi connectivity index (χ0v) is 18.6. The number of nitrogens with zero attached hydrogens (tertiary/aromatic N) is 7. The molecule has 0 spiro atoms. The van der Waals surface area contributed by atoms with E-state index in [0.717, 1.165) is 27.7 Å². The molecule has 0 aliphatic carbocycles. The molecule has 8 nitrogen and oxygen atoms in total. The number of aromatic nitrogens is 5. The van der Waals surface area contributed by atoms with E-state index in [4.69, 9.17) is 0 Å². The summed E-state index contributed by atoms with van der Waals surface area (Å²) in [4.78, 5) is 22.6. The first-order valence-corrected chi connectivity index (χ1v) is 11.4. The fourth-order valence-corrected chi connectivity index (χ4v) is 4.93. The van der Waals surface area contributed by atoms with Crippen LogP contribution in [0.2, 0.25) is 0 Å². The Morgan fingerprint density at radius 3 is 2.38 bits per heavy atom. The first-order valence-electron chi connectivity index (χ1n) is 10.6. The van der Waals surface area contributed by atoms with Crippen molar-refractivity contribution in [2.24, 2.45) is 0 Å². The van der Waals surface area contributed by atoms with Crippen molar-refractivity contribution >= 4 is 23.2 Å². The lowest BCUT2D eigenvalue weighted by Crippen LogP contribution is -2.49. The van der Waals surface area contributed by atoms with Crippen molar-refractivity contribution in [1.82, 2.24) is 30.1 Å². The fourth-order valence-electron chi connectivity index (χ4n) is 3.87. The second-order valence-corrected chi connectivity index (χ2v) is 8.77. The summed E-state index contributed by atoms with van der Waals surface area (Å²) in [7, 11) is 0. The monoisotopic (exact) mass is 445 g/mol. The molecule has 2 aromatic carbocycles. The molecular weight excluding hydrogens is 422 g/mol. The molecule has 1 fully saturated rings. The van der Waals surface area contributed by atoms with Gasteiger partial charge >= 0.3 is 0 Å².